The number of aryl methyl sites for hydroxylation is 1. The molecule has 6 heteroatoms. The molecule has 0 aromatic heterocycles. The van der Waals surface area contributed by atoms with Gasteiger partial charge < -0.3 is 20.3 Å². The standard InChI is InChI=1S/C25H25N3O3/c1-18-6-4-8-20(14-18)21-9-5-7-19(15-21)16-27-25(30)26-12-13-28-22-10-2-3-11-23(22)31-17-24(28)29/h2-11,14-15H,12-13,16-17H2,1H3,(H2,26,27,30). The summed E-state index contributed by atoms with van der Waals surface area (Å²) in [6.45, 7) is 3.23. The number of hydrogen-bond donors (Lipinski definition) is 2. The van der Waals surface area contributed by atoms with Crippen LogP contribution in [0.25, 0.3) is 11.1 Å². The fourth-order valence-corrected chi connectivity index (χ4v) is 3.61. The summed E-state index contributed by atoms with van der Waals surface area (Å²) >= 11 is 0. The van der Waals surface area contributed by atoms with Crippen LogP contribution in [0.15, 0.2) is 72.8 Å². The fraction of sp³-hybridized carbons (Fsp3) is 0.200. The number of amides is 3. The van der Waals surface area contributed by atoms with Gasteiger partial charge in [0.05, 0.1) is 5.69 Å². The number of urea groups is 1. The first-order valence-electron chi connectivity index (χ1n) is 10.3. The Morgan fingerprint density at radius 3 is 2.58 bits per heavy atom. The van der Waals surface area contributed by atoms with E-state index in [-0.39, 0.29) is 18.5 Å². The molecule has 3 aromatic rings. The zero-order valence-corrected chi connectivity index (χ0v) is 17.4. The van der Waals surface area contributed by atoms with Crippen molar-refractivity contribution in [1.82, 2.24) is 10.6 Å². The SMILES string of the molecule is Cc1cccc(-c2cccc(CNC(=O)NCCN3C(=O)COc4ccccc43)c2)c1. The summed E-state index contributed by atoms with van der Waals surface area (Å²) in [4.78, 5) is 26.1. The third-order valence-electron chi connectivity index (χ3n) is 5.16. The number of rotatable bonds is 6. The first-order valence-corrected chi connectivity index (χ1v) is 10.3. The van der Waals surface area contributed by atoms with Crippen molar-refractivity contribution in [3.05, 3.63) is 83.9 Å². The van der Waals surface area contributed by atoms with E-state index < -0.39 is 0 Å². The highest BCUT2D eigenvalue weighted by Gasteiger charge is 2.24. The van der Waals surface area contributed by atoms with Crippen LogP contribution < -0.4 is 20.3 Å². The number of benzene rings is 3. The van der Waals surface area contributed by atoms with E-state index in [9.17, 15) is 9.59 Å². The molecule has 3 amide bonds. The highest BCUT2D eigenvalue weighted by molar-refractivity contribution is 5.97. The van der Waals surface area contributed by atoms with Gasteiger partial charge in [-0.15, -0.1) is 0 Å². The molecule has 3 aromatic carbocycles. The molecule has 0 unspecified atom stereocenters. The summed E-state index contributed by atoms with van der Waals surface area (Å²) in [6, 6.07) is 23.6. The molecule has 0 saturated heterocycles. The van der Waals surface area contributed by atoms with Gasteiger partial charge in [0.1, 0.15) is 5.75 Å². The minimum absolute atomic E-state index is 0.0144. The van der Waals surface area contributed by atoms with Crippen molar-refractivity contribution < 1.29 is 14.3 Å². The van der Waals surface area contributed by atoms with Gasteiger partial charge in [-0.25, -0.2) is 4.79 Å². The van der Waals surface area contributed by atoms with E-state index in [2.05, 4.69) is 47.9 Å². The lowest BCUT2D eigenvalue weighted by atomic mass is 10.0. The molecule has 0 aliphatic carbocycles. The van der Waals surface area contributed by atoms with E-state index in [0.717, 1.165) is 22.4 Å². The van der Waals surface area contributed by atoms with Gasteiger partial charge in [0.15, 0.2) is 6.61 Å². The van der Waals surface area contributed by atoms with Gasteiger partial charge in [0, 0.05) is 19.6 Å². The molecule has 6 nitrogen and oxygen atoms in total. The van der Waals surface area contributed by atoms with Gasteiger partial charge in [-0.3, -0.25) is 4.79 Å². The van der Waals surface area contributed by atoms with Crippen LogP contribution in [0.3, 0.4) is 0 Å². The van der Waals surface area contributed by atoms with Crippen LogP contribution in [0.4, 0.5) is 10.5 Å². The van der Waals surface area contributed by atoms with Gasteiger partial charge >= 0.3 is 6.03 Å². The van der Waals surface area contributed by atoms with Crippen molar-refractivity contribution >= 4 is 17.6 Å². The highest BCUT2D eigenvalue weighted by atomic mass is 16.5. The Morgan fingerprint density at radius 2 is 1.74 bits per heavy atom. The quantitative estimate of drug-likeness (QED) is 0.642. The first-order chi connectivity index (χ1) is 15.1. The van der Waals surface area contributed by atoms with Gasteiger partial charge in [-0.1, -0.05) is 60.2 Å². The summed E-state index contributed by atoms with van der Waals surface area (Å²) in [5.74, 6) is 0.564. The molecule has 2 N–H and O–H groups in total. The van der Waals surface area contributed by atoms with Crippen LogP contribution in [-0.4, -0.2) is 31.6 Å². The van der Waals surface area contributed by atoms with Crippen LogP contribution in [0.2, 0.25) is 0 Å². The minimum Gasteiger partial charge on any atom is -0.482 e. The number of para-hydroxylation sites is 2. The number of carbonyl (C=O) groups excluding carboxylic acids is 2. The topological polar surface area (TPSA) is 70.7 Å². The summed E-state index contributed by atoms with van der Waals surface area (Å²) in [7, 11) is 0. The number of fused-ring (bicyclic) bond motifs is 1. The number of nitrogens with zero attached hydrogens (tertiary/aromatic N) is 1. The Morgan fingerprint density at radius 1 is 0.968 bits per heavy atom. The van der Waals surface area contributed by atoms with Crippen LogP contribution in [0, 0.1) is 6.92 Å². The summed E-state index contributed by atoms with van der Waals surface area (Å²) < 4.78 is 5.44. The zero-order valence-electron chi connectivity index (χ0n) is 17.4. The Bertz CT molecular complexity index is 1100. The second-order valence-electron chi connectivity index (χ2n) is 7.48. The van der Waals surface area contributed by atoms with Crippen molar-refractivity contribution in [3.8, 4) is 16.9 Å². The predicted molar refractivity (Wildman–Crippen MR) is 121 cm³/mol. The lowest BCUT2D eigenvalue weighted by molar-refractivity contribution is -0.121. The molecule has 0 fully saturated rings. The smallest absolute Gasteiger partial charge is 0.315 e. The van der Waals surface area contributed by atoms with E-state index in [1.54, 1.807) is 4.90 Å². The maximum Gasteiger partial charge on any atom is 0.315 e. The van der Waals surface area contributed by atoms with Crippen molar-refractivity contribution in [2.24, 2.45) is 0 Å². The molecular formula is C25H25N3O3. The second kappa shape index (κ2) is 9.34. The number of anilines is 1. The molecule has 0 atom stereocenters. The normalized spacial score (nSPS) is 12.7. The maximum atomic E-state index is 12.2. The number of hydrogen-bond acceptors (Lipinski definition) is 3. The average molecular weight is 415 g/mol. The molecule has 0 radical (unpaired) electrons. The van der Waals surface area contributed by atoms with Crippen molar-refractivity contribution in [3.63, 3.8) is 0 Å². The Hall–Kier alpha value is -3.80. The largest absolute Gasteiger partial charge is 0.482 e. The second-order valence-corrected chi connectivity index (χ2v) is 7.48. The Labute approximate surface area is 181 Å². The zero-order chi connectivity index (χ0) is 21.6. The van der Waals surface area contributed by atoms with Gasteiger partial charge in [0.2, 0.25) is 0 Å². The molecule has 0 spiro atoms. The molecule has 158 valence electrons. The van der Waals surface area contributed by atoms with Crippen molar-refractivity contribution in [2.75, 3.05) is 24.6 Å². The Kier molecular flexibility index (Phi) is 6.17. The molecule has 0 saturated carbocycles. The van der Waals surface area contributed by atoms with Gasteiger partial charge in [-0.05, 0) is 41.8 Å². The molecule has 1 aliphatic heterocycles. The van der Waals surface area contributed by atoms with Gasteiger partial charge in [-0.2, -0.15) is 0 Å². The van der Waals surface area contributed by atoms with E-state index in [1.807, 2.05) is 42.5 Å². The summed E-state index contributed by atoms with van der Waals surface area (Å²) in [5, 5.41) is 5.70. The summed E-state index contributed by atoms with van der Waals surface area (Å²) in [6.07, 6.45) is 0. The molecule has 1 heterocycles. The van der Waals surface area contributed by atoms with E-state index in [4.69, 9.17) is 4.74 Å². The third kappa shape index (κ3) is 5.04. The lowest BCUT2D eigenvalue weighted by Crippen LogP contribution is -2.45. The fourth-order valence-electron chi connectivity index (χ4n) is 3.61. The van der Waals surface area contributed by atoms with Crippen molar-refractivity contribution in [2.45, 2.75) is 13.5 Å². The average Bonchev–Trinajstić information content (AvgIpc) is 2.79. The van der Waals surface area contributed by atoms with Crippen LogP contribution in [0.5, 0.6) is 5.75 Å². The van der Waals surface area contributed by atoms with E-state index in [0.29, 0.717) is 25.4 Å². The Balaban J connectivity index is 1.29. The van der Waals surface area contributed by atoms with E-state index >= 15 is 0 Å². The predicted octanol–water partition coefficient (Wildman–Crippen LogP) is 3.89. The molecule has 31 heavy (non-hydrogen) atoms. The maximum absolute atomic E-state index is 12.2. The van der Waals surface area contributed by atoms with Gasteiger partial charge in [0.25, 0.3) is 5.91 Å². The number of ether oxygens (including phenoxy) is 1. The van der Waals surface area contributed by atoms with Crippen molar-refractivity contribution in [1.29, 1.82) is 0 Å². The van der Waals surface area contributed by atoms with Crippen LogP contribution in [-0.2, 0) is 11.3 Å². The molecule has 4 rings (SSSR count). The molecule has 1 aliphatic rings. The third-order valence-corrected chi connectivity index (χ3v) is 5.16. The minimum atomic E-state index is -0.269. The van der Waals surface area contributed by atoms with E-state index in [1.165, 1.54) is 5.56 Å². The van der Waals surface area contributed by atoms with Crippen LogP contribution >= 0.6 is 0 Å². The highest BCUT2D eigenvalue weighted by Crippen LogP contribution is 2.31. The first kappa shape index (κ1) is 20.5. The molecular weight excluding hydrogens is 390 g/mol. The summed E-state index contributed by atoms with van der Waals surface area (Å²) in [5.41, 5.74) is 5.23. The number of carbonyl (C=O) groups is 2. The number of nitrogens with one attached hydrogen (secondary N) is 2. The molecule has 0 bridgehead atoms. The van der Waals surface area contributed by atoms with Crippen LogP contribution in [0.1, 0.15) is 11.1 Å². The lowest BCUT2D eigenvalue weighted by Gasteiger charge is -2.29. The monoisotopic (exact) mass is 415 g/mol.